The van der Waals surface area contributed by atoms with Crippen LogP contribution >= 0.6 is 0 Å². The predicted molar refractivity (Wildman–Crippen MR) is 61.4 cm³/mol. The van der Waals surface area contributed by atoms with Gasteiger partial charge in [0.15, 0.2) is 0 Å². The Kier molecular flexibility index (Phi) is 4.15. The minimum atomic E-state index is -1.21. The van der Waals surface area contributed by atoms with E-state index in [9.17, 15) is 0 Å². The van der Waals surface area contributed by atoms with Crippen LogP contribution in [0.5, 0.6) is 0 Å². The first-order valence-electron chi connectivity index (χ1n) is 4.93. The second-order valence-corrected chi connectivity index (χ2v) is 7.73. The normalized spacial score (nSPS) is 16.4. The summed E-state index contributed by atoms with van der Waals surface area (Å²) in [5.74, 6) is 0. The van der Waals surface area contributed by atoms with E-state index < -0.39 is 9.20 Å². The van der Waals surface area contributed by atoms with E-state index in [4.69, 9.17) is 4.43 Å². The Morgan fingerprint density at radius 1 is 0.923 bits per heavy atom. The van der Waals surface area contributed by atoms with Crippen LogP contribution in [-0.4, -0.2) is 32.0 Å². The van der Waals surface area contributed by atoms with Crippen molar-refractivity contribution in [2.24, 2.45) is 0 Å². The molecule has 0 heterocycles. The number of nitrogens with zero attached hydrogens (tertiary/aromatic N) is 1. The lowest BCUT2D eigenvalue weighted by atomic mass is 10.0. The average molecular weight is 203 g/mol. The molecule has 0 radical (unpaired) electrons. The number of hydrogen-bond acceptors (Lipinski definition) is 2. The van der Waals surface area contributed by atoms with Gasteiger partial charge < -0.3 is 4.43 Å². The van der Waals surface area contributed by atoms with Gasteiger partial charge in [-0.1, -0.05) is 0 Å². The molecule has 1 unspecified atom stereocenters. The van der Waals surface area contributed by atoms with Gasteiger partial charge in [-0.25, -0.2) is 0 Å². The molecule has 0 saturated carbocycles. The maximum Gasteiger partial charge on any atom is 0.252 e. The van der Waals surface area contributed by atoms with Crippen molar-refractivity contribution in [2.75, 3.05) is 7.11 Å². The zero-order chi connectivity index (χ0) is 10.9. The molecule has 1 atom stereocenters. The molecule has 3 heteroatoms. The van der Waals surface area contributed by atoms with Crippen LogP contribution in [0.15, 0.2) is 0 Å². The van der Waals surface area contributed by atoms with Crippen molar-refractivity contribution in [3.63, 3.8) is 0 Å². The summed E-state index contributed by atoms with van der Waals surface area (Å²) in [4.78, 5) is 0. The molecule has 0 fully saturated rings. The molecular formula is C10H25NOSi. The second-order valence-electron chi connectivity index (χ2n) is 5.55. The van der Waals surface area contributed by atoms with Gasteiger partial charge in [0.05, 0.1) is 0 Å². The molecule has 0 spiro atoms. The minimum absolute atomic E-state index is 0.194. The smallest absolute Gasteiger partial charge is 0.252 e. The molecule has 0 amide bonds. The Morgan fingerprint density at radius 2 is 1.23 bits per heavy atom. The number of hydrogen-bond donors (Lipinski definition) is 0. The Morgan fingerprint density at radius 3 is 1.31 bits per heavy atom. The lowest BCUT2D eigenvalue weighted by molar-refractivity contribution is 0.108. The highest BCUT2D eigenvalue weighted by atomic mass is 28.3. The SMILES string of the molecule is CO[SiH](C)N(C(C)(C)C)C(C)(C)C. The standard InChI is InChI=1S/C10H25NOSi/c1-9(2,3)11(10(4,5)6)13(8)12-7/h13H,1-8H3. The van der Waals surface area contributed by atoms with E-state index in [2.05, 4.69) is 52.7 Å². The fourth-order valence-electron chi connectivity index (χ4n) is 2.20. The van der Waals surface area contributed by atoms with E-state index in [-0.39, 0.29) is 11.1 Å². The summed E-state index contributed by atoms with van der Waals surface area (Å²) >= 11 is 0. The van der Waals surface area contributed by atoms with Crippen molar-refractivity contribution in [1.82, 2.24) is 4.57 Å². The van der Waals surface area contributed by atoms with Crippen molar-refractivity contribution in [3.8, 4) is 0 Å². The first-order valence-corrected chi connectivity index (χ1v) is 7.07. The van der Waals surface area contributed by atoms with Crippen molar-refractivity contribution in [1.29, 1.82) is 0 Å². The van der Waals surface area contributed by atoms with Crippen molar-refractivity contribution < 1.29 is 4.43 Å². The average Bonchev–Trinajstić information content (AvgIpc) is 1.80. The molecule has 0 rings (SSSR count). The van der Waals surface area contributed by atoms with E-state index in [1.807, 2.05) is 7.11 Å². The Bertz CT molecular complexity index is 143. The van der Waals surface area contributed by atoms with Gasteiger partial charge in [0.2, 0.25) is 0 Å². The van der Waals surface area contributed by atoms with Crippen molar-refractivity contribution in [2.45, 2.75) is 59.2 Å². The van der Waals surface area contributed by atoms with Crippen LogP contribution in [0.2, 0.25) is 6.55 Å². The summed E-state index contributed by atoms with van der Waals surface area (Å²) in [6.45, 7) is 15.7. The topological polar surface area (TPSA) is 12.5 Å². The molecule has 13 heavy (non-hydrogen) atoms. The maximum atomic E-state index is 5.53. The fourth-order valence-corrected chi connectivity index (χ4v) is 4.59. The van der Waals surface area contributed by atoms with Gasteiger partial charge in [-0.15, -0.1) is 0 Å². The van der Waals surface area contributed by atoms with Crippen LogP contribution in [0.3, 0.4) is 0 Å². The zero-order valence-corrected chi connectivity index (χ0v) is 11.6. The maximum absolute atomic E-state index is 5.53. The highest BCUT2D eigenvalue weighted by Gasteiger charge is 2.35. The summed E-state index contributed by atoms with van der Waals surface area (Å²) in [6, 6.07) is 0. The first-order chi connectivity index (χ1) is 5.60. The molecule has 0 bridgehead atoms. The molecule has 0 aromatic heterocycles. The third-order valence-corrected chi connectivity index (χ3v) is 5.11. The summed E-state index contributed by atoms with van der Waals surface area (Å²) < 4.78 is 8.04. The van der Waals surface area contributed by atoms with Crippen LogP contribution in [0.1, 0.15) is 41.5 Å². The first kappa shape index (κ1) is 13.1. The largest absolute Gasteiger partial charge is 0.409 e. The van der Waals surface area contributed by atoms with Gasteiger partial charge in [-0.3, -0.25) is 4.57 Å². The van der Waals surface area contributed by atoms with Gasteiger partial charge in [0.1, 0.15) is 0 Å². The van der Waals surface area contributed by atoms with E-state index in [0.717, 1.165) is 0 Å². The Hall–Kier alpha value is 0.137. The summed E-state index contributed by atoms with van der Waals surface area (Å²) in [5, 5.41) is 0. The molecule has 80 valence electrons. The monoisotopic (exact) mass is 203 g/mol. The predicted octanol–water partition coefficient (Wildman–Crippen LogP) is 2.38. The summed E-state index contributed by atoms with van der Waals surface area (Å²) in [7, 11) is 0.608. The van der Waals surface area contributed by atoms with E-state index in [0.29, 0.717) is 0 Å². The van der Waals surface area contributed by atoms with Gasteiger partial charge in [-0.2, -0.15) is 0 Å². The van der Waals surface area contributed by atoms with Gasteiger partial charge in [0.25, 0.3) is 9.20 Å². The molecule has 0 aromatic rings. The molecule has 0 aliphatic rings. The molecule has 0 N–H and O–H groups in total. The third kappa shape index (κ3) is 3.79. The van der Waals surface area contributed by atoms with E-state index >= 15 is 0 Å². The highest BCUT2D eigenvalue weighted by Crippen LogP contribution is 2.26. The Balaban J connectivity index is 4.78. The highest BCUT2D eigenvalue weighted by molar-refractivity contribution is 6.47. The van der Waals surface area contributed by atoms with Gasteiger partial charge >= 0.3 is 0 Å². The lowest BCUT2D eigenvalue weighted by Crippen LogP contribution is -2.59. The third-order valence-electron chi connectivity index (χ3n) is 2.15. The van der Waals surface area contributed by atoms with Crippen molar-refractivity contribution in [3.05, 3.63) is 0 Å². The summed E-state index contributed by atoms with van der Waals surface area (Å²) in [5.41, 5.74) is 0.389. The van der Waals surface area contributed by atoms with Crippen LogP contribution in [-0.2, 0) is 4.43 Å². The quantitative estimate of drug-likeness (QED) is 0.639. The van der Waals surface area contributed by atoms with Crippen LogP contribution in [0.25, 0.3) is 0 Å². The Labute approximate surface area is 85.1 Å². The van der Waals surface area contributed by atoms with E-state index in [1.165, 1.54) is 0 Å². The van der Waals surface area contributed by atoms with E-state index in [1.54, 1.807) is 0 Å². The summed E-state index contributed by atoms with van der Waals surface area (Å²) in [6.07, 6.45) is 0. The number of rotatable bonds is 2. The molecule has 0 aliphatic carbocycles. The van der Waals surface area contributed by atoms with Gasteiger partial charge in [0, 0.05) is 18.2 Å². The minimum Gasteiger partial charge on any atom is -0.409 e. The van der Waals surface area contributed by atoms with Crippen LogP contribution < -0.4 is 0 Å². The van der Waals surface area contributed by atoms with Crippen LogP contribution in [0, 0.1) is 0 Å². The van der Waals surface area contributed by atoms with Crippen molar-refractivity contribution >= 4 is 9.20 Å². The van der Waals surface area contributed by atoms with Crippen LogP contribution in [0.4, 0.5) is 0 Å². The molecular weight excluding hydrogens is 178 g/mol. The lowest BCUT2D eigenvalue weighted by Gasteiger charge is -2.48. The molecule has 2 nitrogen and oxygen atoms in total. The van der Waals surface area contributed by atoms with Gasteiger partial charge in [-0.05, 0) is 48.1 Å². The second kappa shape index (κ2) is 4.11. The fraction of sp³-hybridized carbons (Fsp3) is 1.00. The molecule has 0 aliphatic heterocycles. The molecule has 0 aromatic carbocycles. The molecule has 0 saturated heterocycles. The zero-order valence-electron chi connectivity index (χ0n) is 10.4.